The number of sulfonamides is 1. The van der Waals surface area contributed by atoms with Gasteiger partial charge in [-0.2, -0.15) is 14.7 Å². The van der Waals surface area contributed by atoms with E-state index in [2.05, 4.69) is 28.8 Å². The van der Waals surface area contributed by atoms with Crippen molar-refractivity contribution in [2.75, 3.05) is 10.5 Å². The minimum absolute atomic E-state index is 0.167. The van der Waals surface area contributed by atoms with E-state index < -0.39 is 10.0 Å². The normalized spacial score (nSPS) is 12.0. The third-order valence-corrected chi connectivity index (χ3v) is 8.82. The summed E-state index contributed by atoms with van der Waals surface area (Å²) in [4.78, 5) is 0. The van der Waals surface area contributed by atoms with Crippen molar-refractivity contribution in [1.29, 1.82) is 0 Å². The first-order chi connectivity index (χ1) is 18.4. The smallest absolute Gasteiger partial charge is 0.232 e. The zero-order valence-electron chi connectivity index (χ0n) is 24.1. The van der Waals surface area contributed by atoms with Crippen LogP contribution in [-0.4, -0.2) is 33.6 Å². The van der Waals surface area contributed by atoms with Gasteiger partial charge in [0.2, 0.25) is 10.0 Å². The molecule has 8 heteroatoms. The second kappa shape index (κ2) is 15.3. The molecule has 3 aromatic rings. The predicted molar refractivity (Wildman–Crippen MR) is 159 cm³/mol. The van der Waals surface area contributed by atoms with Gasteiger partial charge in [0.25, 0.3) is 0 Å². The van der Waals surface area contributed by atoms with Gasteiger partial charge in [-0.05, 0) is 44.0 Å². The second-order valence-electron chi connectivity index (χ2n) is 10.7. The summed E-state index contributed by atoms with van der Waals surface area (Å²) in [7, 11) is -1.42. The average Bonchev–Trinajstić information content (AvgIpc) is 3.39. The van der Waals surface area contributed by atoms with Gasteiger partial charge in [0.05, 0.1) is 11.4 Å². The summed E-state index contributed by atoms with van der Waals surface area (Å²) in [5, 5.41) is 9.33. The summed E-state index contributed by atoms with van der Waals surface area (Å²) < 4.78 is 31.6. The van der Waals surface area contributed by atoms with Gasteiger partial charge in [0.1, 0.15) is 0 Å². The minimum Gasteiger partial charge on any atom is -0.284 e. The highest BCUT2D eigenvalue weighted by molar-refractivity contribution is 7.92. The summed E-state index contributed by atoms with van der Waals surface area (Å²) in [5.41, 5.74) is 4.68. The Morgan fingerprint density at radius 3 is 1.82 bits per heavy atom. The molecule has 0 aliphatic carbocycles. The van der Waals surface area contributed by atoms with Crippen LogP contribution in [0.4, 0.5) is 5.69 Å². The molecular weight excluding hydrogens is 494 g/mol. The number of anilines is 1. The van der Waals surface area contributed by atoms with Gasteiger partial charge in [-0.3, -0.25) is 4.72 Å². The summed E-state index contributed by atoms with van der Waals surface area (Å²) in [6, 6.07) is 7.40. The maximum atomic E-state index is 12.6. The van der Waals surface area contributed by atoms with Gasteiger partial charge in [0.15, 0.2) is 11.5 Å². The number of unbranched alkanes of at least 4 members (excludes halogenated alkanes) is 13. The fraction of sp³-hybridized carbons (Fsp3) is 0.667. The van der Waals surface area contributed by atoms with Gasteiger partial charge >= 0.3 is 0 Å². The number of benzene rings is 1. The van der Waals surface area contributed by atoms with Crippen LogP contribution in [0.5, 0.6) is 0 Å². The average molecular weight is 544 g/mol. The van der Waals surface area contributed by atoms with E-state index in [9.17, 15) is 8.42 Å². The van der Waals surface area contributed by atoms with Crippen LogP contribution in [0.15, 0.2) is 24.3 Å². The molecule has 1 N–H and O–H groups in total. The maximum absolute atomic E-state index is 12.6. The number of aromatic nitrogens is 4. The molecule has 0 amide bonds. The Morgan fingerprint density at radius 1 is 0.763 bits per heavy atom. The minimum atomic E-state index is -3.35. The lowest BCUT2D eigenvalue weighted by molar-refractivity contribution is 0.537. The first-order valence-electron chi connectivity index (χ1n) is 14.9. The lowest BCUT2D eigenvalue weighted by Crippen LogP contribution is -2.16. The zero-order valence-corrected chi connectivity index (χ0v) is 25.0. The number of nitrogens with one attached hydrogen (secondary N) is 1. The Labute approximate surface area is 230 Å². The number of rotatable bonds is 19. The van der Waals surface area contributed by atoms with Crippen LogP contribution in [-0.2, 0) is 23.5 Å². The SMILES string of the molecule is CCCCCCCCCCCCCCCCS(=O)(=O)Nc1ccc(-c2nn(C)c3c(CC)c(C)nn23)cc1. The van der Waals surface area contributed by atoms with Crippen LogP contribution in [0.2, 0.25) is 0 Å². The predicted octanol–water partition coefficient (Wildman–Crippen LogP) is 7.83. The molecule has 0 fully saturated rings. The molecule has 0 radical (unpaired) electrons. The van der Waals surface area contributed by atoms with Crippen molar-refractivity contribution in [3.05, 3.63) is 35.5 Å². The van der Waals surface area contributed by atoms with Crippen molar-refractivity contribution < 1.29 is 8.42 Å². The molecule has 0 aliphatic heterocycles. The van der Waals surface area contributed by atoms with Crippen molar-refractivity contribution >= 4 is 21.4 Å². The first-order valence-corrected chi connectivity index (χ1v) is 16.5. The van der Waals surface area contributed by atoms with Crippen LogP contribution in [0.1, 0.15) is 115 Å². The molecule has 3 rings (SSSR count). The zero-order chi connectivity index (χ0) is 27.4. The van der Waals surface area contributed by atoms with Crippen LogP contribution >= 0.6 is 0 Å². The van der Waals surface area contributed by atoms with E-state index in [-0.39, 0.29) is 5.75 Å². The van der Waals surface area contributed by atoms with Gasteiger partial charge in [-0.1, -0.05) is 97.3 Å². The van der Waals surface area contributed by atoms with E-state index in [0.29, 0.717) is 12.1 Å². The van der Waals surface area contributed by atoms with Gasteiger partial charge < -0.3 is 0 Å². The summed E-state index contributed by atoms with van der Waals surface area (Å²) in [5.74, 6) is 0.919. The van der Waals surface area contributed by atoms with E-state index in [1.54, 1.807) is 12.1 Å². The number of aryl methyl sites for hydroxylation is 3. The van der Waals surface area contributed by atoms with E-state index in [0.717, 1.165) is 42.0 Å². The molecular formula is C30H49N5O2S. The number of hydrogen-bond acceptors (Lipinski definition) is 4. The Hall–Kier alpha value is -2.35. The highest BCUT2D eigenvalue weighted by Crippen LogP contribution is 2.25. The van der Waals surface area contributed by atoms with E-state index in [4.69, 9.17) is 0 Å². The van der Waals surface area contributed by atoms with Gasteiger partial charge in [0, 0.05) is 23.9 Å². The molecule has 0 unspecified atom stereocenters. The monoisotopic (exact) mass is 543 g/mol. The Balaban J connectivity index is 1.34. The molecule has 7 nitrogen and oxygen atoms in total. The van der Waals surface area contributed by atoms with E-state index >= 15 is 0 Å². The molecule has 0 aliphatic rings. The van der Waals surface area contributed by atoms with Crippen molar-refractivity contribution in [1.82, 2.24) is 19.4 Å². The number of nitrogens with zero attached hydrogens (tertiary/aromatic N) is 4. The molecule has 2 heterocycles. The van der Waals surface area contributed by atoms with Gasteiger partial charge in [-0.25, -0.2) is 13.1 Å². The van der Waals surface area contributed by atoms with Crippen molar-refractivity contribution in [2.45, 2.75) is 117 Å². The summed E-state index contributed by atoms with van der Waals surface area (Å²) in [6.45, 7) is 6.41. The number of hydrogen-bond donors (Lipinski definition) is 1. The number of fused-ring (bicyclic) bond motifs is 1. The van der Waals surface area contributed by atoms with Crippen LogP contribution < -0.4 is 4.72 Å². The quantitative estimate of drug-likeness (QED) is 0.156. The highest BCUT2D eigenvalue weighted by Gasteiger charge is 2.18. The fourth-order valence-electron chi connectivity index (χ4n) is 5.26. The molecule has 0 spiro atoms. The third kappa shape index (κ3) is 8.85. The highest BCUT2D eigenvalue weighted by atomic mass is 32.2. The first kappa shape index (κ1) is 30.2. The third-order valence-electron chi connectivity index (χ3n) is 7.45. The lowest BCUT2D eigenvalue weighted by Gasteiger charge is -2.09. The topological polar surface area (TPSA) is 81.3 Å². The molecule has 0 saturated carbocycles. The lowest BCUT2D eigenvalue weighted by atomic mass is 10.0. The van der Waals surface area contributed by atoms with Crippen molar-refractivity contribution in [3.8, 4) is 11.4 Å². The maximum Gasteiger partial charge on any atom is 0.232 e. The fourth-order valence-corrected chi connectivity index (χ4v) is 6.44. The van der Waals surface area contributed by atoms with Crippen LogP contribution in [0.25, 0.3) is 17.0 Å². The second-order valence-corrected chi connectivity index (χ2v) is 12.5. The Bertz CT molecular complexity index is 1210. The standard InChI is InChI=1S/C30H49N5O2S/c1-5-7-8-9-10-11-12-13-14-15-16-17-18-19-24-38(36,37)33-27-22-20-26(21-23-27)29-32-34(4)30-28(6-2)25(3)31-35(29)30/h20-23,33H,5-19,24H2,1-4H3. The Morgan fingerprint density at radius 2 is 1.29 bits per heavy atom. The van der Waals surface area contributed by atoms with E-state index in [1.165, 1.54) is 76.2 Å². The van der Waals surface area contributed by atoms with Crippen LogP contribution in [0.3, 0.4) is 0 Å². The van der Waals surface area contributed by atoms with Gasteiger partial charge in [-0.15, -0.1) is 0 Å². The molecule has 1 aromatic carbocycles. The molecule has 0 atom stereocenters. The summed E-state index contributed by atoms with van der Waals surface area (Å²) >= 11 is 0. The van der Waals surface area contributed by atoms with Crippen molar-refractivity contribution in [3.63, 3.8) is 0 Å². The molecule has 0 bridgehead atoms. The van der Waals surface area contributed by atoms with Crippen molar-refractivity contribution in [2.24, 2.45) is 7.05 Å². The van der Waals surface area contributed by atoms with Crippen LogP contribution in [0, 0.1) is 6.92 Å². The largest absolute Gasteiger partial charge is 0.284 e. The molecule has 0 saturated heterocycles. The summed E-state index contributed by atoms with van der Waals surface area (Å²) in [6.07, 6.45) is 18.5. The molecule has 38 heavy (non-hydrogen) atoms. The molecule has 2 aromatic heterocycles. The van der Waals surface area contributed by atoms with E-state index in [1.807, 2.05) is 35.3 Å². The molecule has 212 valence electrons. The Kier molecular flexibility index (Phi) is 12.2.